The molecule has 0 aromatic carbocycles. The molecule has 2 rings (SSSR count). The quantitative estimate of drug-likeness (QED) is 0.759. The Labute approximate surface area is 115 Å². The van der Waals surface area contributed by atoms with E-state index in [-0.39, 0.29) is 36.6 Å². The van der Waals surface area contributed by atoms with Gasteiger partial charge >= 0.3 is 0 Å². The van der Waals surface area contributed by atoms with E-state index in [1.54, 1.807) is 0 Å². The zero-order valence-corrected chi connectivity index (χ0v) is 11.9. The third-order valence-electron chi connectivity index (χ3n) is 4.55. The van der Waals surface area contributed by atoms with Crippen LogP contribution in [0, 0.1) is 11.8 Å². The normalized spacial score (nSPS) is 40.2. The van der Waals surface area contributed by atoms with Gasteiger partial charge in [0.15, 0.2) is 0 Å². The lowest BCUT2D eigenvalue weighted by Gasteiger charge is -2.42. The fourth-order valence-electron chi connectivity index (χ4n) is 3.15. The molecule has 2 fully saturated rings. The number of nitrogens with zero attached hydrogens (tertiary/aromatic N) is 1. The van der Waals surface area contributed by atoms with Crippen molar-refractivity contribution in [2.45, 2.75) is 51.3 Å². The molecule has 0 aromatic heterocycles. The number of carbonyl (C=O) groups is 1. The fraction of sp³-hybridized carbons (Fsp3) is 0.929. The van der Waals surface area contributed by atoms with E-state index in [4.69, 9.17) is 10.5 Å². The van der Waals surface area contributed by atoms with Crippen LogP contribution in [0.15, 0.2) is 0 Å². The Bertz CT molecular complexity index is 324. The van der Waals surface area contributed by atoms with E-state index in [2.05, 4.69) is 6.92 Å². The predicted octanol–water partition coefficient (Wildman–Crippen LogP) is 0.358. The minimum Gasteiger partial charge on any atom is -0.394 e. The van der Waals surface area contributed by atoms with Crippen LogP contribution in [0.5, 0.6) is 0 Å². The molecule has 1 aliphatic heterocycles. The molecule has 1 saturated heterocycles. The van der Waals surface area contributed by atoms with Gasteiger partial charge < -0.3 is 20.5 Å². The largest absolute Gasteiger partial charge is 0.394 e. The van der Waals surface area contributed by atoms with Crippen molar-refractivity contribution < 1.29 is 14.6 Å². The summed E-state index contributed by atoms with van der Waals surface area (Å²) in [6.45, 7) is 5.11. The van der Waals surface area contributed by atoms with Gasteiger partial charge in [0, 0.05) is 18.5 Å². The van der Waals surface area contributed by atoms with Crippen molar-refractivity contribution in [1.29, 1.82) is 0 Å². The van der Waals surface area contributed by atoms with E-state index >= 15 is 0 Å². The van der Waals surface area contributed by atoms with E-state index in [0.717, 1.165) is 19.3 Å². The van der Waals surface area contributed by atoms with Gasteiger partial charge in [0.1, 0.15) is 0 Å². The van der Waals surface area contributed by atoms with Crippen LogP contribution in [0.25, 0.3) is 0 Å². The van der Waals surface area contributed by atoms with Crippen LogP contribution in [-0.2, 0) is 9.53 Å². The number of rotatable bonds is 2. The molecule has 5 unspecified atom stereocenters. The zero-order chi connectivity index (χ0) is 14.0. The number of morpholine rings is 1. The number of aliphatic hydroxyl groups excluding tert-OH is 1. The van der Waals surface area contributed by atoms with Crippen LogP contribution < -0.4 is 5.73 Å². The molecule has 1 aliphatic carbocycles. The highest BCUT2D eigenvalue weighted by Crippen LogP contribution is 2.31. The number of hydrogen-bond donors (Lipinski definition) is 2. The lowest BCUT2D eigenvalue weighted by molar-refractivity contribution is -0.153. The van der Waals surface area contributed by atoms with Crippen molar-refractivity contribution in [3.8, 4) is 0 Å². The first kappa shape index (κ1) is 14.8. The van der Waals surface area contributed by atoms with Crippen LogP contribution in [0.2, 0.25) is 0 Å². The van der Waals surface area contributed by atoms with Gasteiger partial charge in [-0.05, 0) is 32.1 Å². The summed E-state index contributed by atoms with van der Waals surface area (Å²) >= 11 is 0. The maximum absolute atomic E-state index is 12.7. The summed E-state index contributed by atoms with van der Waals surface area (Å²) in [6.07, 6.45) is 2.59. The molecule has 1 heterocycles. The summed E-state index contributed by atoms with van der Waals surface area (Å²) in [6, 6.07) is 0.232. The van der Waals surface area contributed by atoms with Gasteiger partial charge in [0.2, 0.25) is 5.91 Å². The highest BCUT2D eigenvalue weighted by Gasteiger charge is 2.37. The fourth-order valence-corrected chi connectivity index (χ4v) is 3.15. The van der Waals surface area contributed by atoms with Gasteiger partial charge in [0.25, 0.3) is 0 Å². The Balaban J connectivity index is 2.04. The van der Waals surface area contributed by atoms with Gasteiger partial charge in [0.05, 0.1) is 25.4 Å². The van der Waals surface area contributed by atoms with Gasteiger partial charge in [-0.25, -0.2) is 0 Å². The van der Waals surface area contributed by atoms with Gasteiger partial charge in [-0.1, -0.05) is 6.92 Å². The number of aliphatic hydroxyl groups is 1. The van der Waals surface area contributed by atoms with E-state index in [1.165, 1.54) is 0 Å². The number of nitrogens with two attached hydrogens (primary N) is 1. The molecule has 1 amide bonds. The van der Waals surface area contributed by atoms with Gasteiger partial charge in [-0.2, -0.15) is 0 Å². The maximum atomic E-state index is 12.7. The molecular formula is C14H26N2O3. The Kier molecular flexibility index (Phi) is 4.81. The molecule has 5 heteroatoms. The number of amides is 1. The first-order valence-electron chi connectivity index (χ1n) is 7.31. The third-order valence-corrected chi connectivity index (χ3v) is 4.55. The van der Waals surface area contributed by atoms with Gasteiger partial charge in [-0.3, -0.25) is 4.79 Å². The monoisotopic (exact) mass is 270 g/mol. The second-order valence-electron chi connectivity index (χ2n) is 6.13. The zero-order valence-electron chi connectivity index (χ0n) is 11.9. The molecular weight excluding hydrogens is 244 g/mol. The Morgan fingerprint density at radius 1 is 1.42 bits per heavy atom. The lowest BCUT2D eigenvalue weighted by atomic mass is 9.77. The molecule has 0 radical (unpaired) electrons. The molecule has 0 aromatic rings. The standard InChI is InChI=1S/C14H26N2O3/c1-9-3-4-11(15)5-13(9)14(18)16-6-12(7-17)19-8-10(16)2/h9-13,17H,3-8,15H2,1-2H3. The number of ether oxygens (including phenoxy) is 1. The second kappa shape index (κ2) is 6.20. The molecule has 3 N–H and O–H groups in total. The van der Waals surface area contributed by atoms with E-state index < -0.39 is 0 Å². The van der Waals surface area contributed by atoms with E-state index in [1.807, 2.05) is 11.8 Å². The maximum Gasteiger partial charge on any atom is 0.226 e. The molecule has 0 bridgehead atoms. The van der Waals surface area contributed by atoms with Crippen molar-refractivity contribution in [2.75, 3.05) is 19.8 Å². The predicted molar refractivity (Wildman–Crippen MR) is 72.5 cm³/mol. The number of carbonyl (C=O) groups excluding carboxylic acids is 1. The highest BCUT2D eigenvalue weighted by atomic mass is 16.5. The first-order chi connectivity index (χ1) is 9.02. The SMILES string of the molecule is CC1CCC(N)CC1C(=O)N1CC(CO)OCC1C. The van der Waals surface area contributed by atoms with Crippen molar-refractivity contribution in [3.63, 3.8) is 0 Å². The van der Waals surface area contributed by atoms with Crippen molar-refractivity contribution >= 4 is 5.91 Å². The molecule has 1 saturated carbocycles. The van der Waals surface area contributed by atoms with Crippen LogP contribution in [0.3, 0.4) is 0 Å². The second-order valence-corrected chi connectivity index (χ2v) is 6.13. The lowest BCUT2D eigenvalue weighted by Crippen LogP contribution is -2.55. The molecule has 2 aliphatic rings. The summed E-state index contributed by atoms with van der Waals surface area (Å²) in [7, 11) is 0. The average molecular weight is 270 g/mol. The minimum absolute atomic E-state index is 0.0312. The Morgan fingerprint density at radius 2 is 2.16 bits per heavy atom. The third kappa shape index (κ3) is 3.27. The van der Waals surface area contributed by atoms with Crippen molar-refractivity contribution in [3.05, 3.63) is 0 Å². The summed E-state index contributed by atoms with van der Waals surface area (Å²) in [5.74, 6) is 0.621. The summed E-state index contributed by atoms with van der Waals surface area (Å²) in [5, 5.41) is 9.20. The van der Waals surface area contributed by atoms with E-state index in [0.29, 0.717) is 19.1 Å². The molecule has 5 atom stereocenters. The average Bonchev–Trinajstić information content (AvgIpc) is 2.41. The summed E-state index contributed by atoms with van der Waals surface area (Å²) in [4.78, 5) is 14.6. The van der Waals surface area contributed by atoms with Gasteiger partial charge in [-0.15, -0.1) is 0 Å². The van der Waals surface area contributed by atoms with Crippen LogP contribution in [-0.4, -0.2) is 53.9 Å². The van der Waals surface area contributed by atoms with Crippen LogP contribution >= 0.6 is 0 Å². The smallest absolute Gasteiger partial charge is 0.226 e. The first-order valence-corrected chi connectivity index (χ1v) is 7.31. The molecule has 0 spiro atoms. The highest BCUT2D eigenvalue weighted by molar-refractivity contribution is 5.79. The number of hydrogen-bond acceptors (Lipinski definition) is 4. The molecule has 5 nitrogen and oxygen atoms in total. The van der Waals surface area contributed by atoms with E-state index in [9.17, 15) is 9.90 Å². The van der Waals surface area contributed by atoms with Crippen molar-refractivity contribution in [1.82, 2.24) is 4.90 Å². The summed E-state index contributed by atoms with van der Waals surface area (Å²) < 4.78 is 5.49. The van der Waals surface area contributed by atoms with Crippen LogP contribution in [0.1, 0.15) is 33.1 Å². The molecule has 19 heavy (non-hydrogen) atoms. The minimum atomic E-state index is -0.243. The van der Waals surface area contributed by atoms with Crippen molar-refractivity contribution in [2.24, 2.45) is 17.6 Å². The Hall–Kier alpha value is -0.650. The summed E-state index contributed by atoms with van der Waals surface area (Å²) in [5.41, 5.74) is 6.01. The Morgan fingerprint density at radius 3 is 2.84 bits per heavy atom. The van der Waals surface area contributed by atoms with Crippen LogP contribution in [0.4, 0.5) is 0 Å². The topological polar surface area (TPSA) is 75.8 Å². The molecule has 110 valence electrons.